The van der Waals surface area contributed by atoms with E-state index in [9.17, 15) is 9.18 Å². The molecule has 4 aliphatic rings. The number of piperidine rings is 1. The Balaban J connectivity index is 1.50. The molecular weight excluding hydrogens is 315 g/mol. The fourth-order valence-corrected chi connectivity index (χ4v) is 4.13. The van der Waals surface area contributed by atoms with E-state index in [4.69, 9.17) is 11.6 Å². The van der Waals surface area contributed by atoms with Crippen molar-refractivity contribution >= 4 is 17.5 Å². The molecule has 0 radical (unpaired) electrons. The summed E-state index contributed by atoms with van der Waals surface area (Å²) < 4.78 is 13.7. The highest BCUT2D eigenvalue weighted by atomic mass is 35.5. The summed E-state index contributed by atoms with van der Waals surface area (Å²) in [6, 6.07) is 4.83. The maximum Gasteiger partial charge on any atom is 0.254 e. The molecular formula is C18H22ClFN2O. The molecule has 0 spiro atoms. The van der Waals surface area contributed by atoms with Crippen LogP contribution in [-0.4, -0.2) is 47.9 Å². The Bertz CT molecular complexity index is 619. The van der Waals surface area contributed by atoms with E-state index in [0.717, 1.165) is 25.6 Å². The molecule has 3 aliphatic heterocycles. The Morgan fingerprint density at radius 1 is 1.17 bits per heavy atom. The van der Waals surface area contributed by atoms with Gasteiger partial charge in [0, 0.05) is 37.8 Å². The molecule has 4 fully saturated rings. The molecule has 5 heteroatoms. The lowest BCUT2D eigenvalue weighted by atomic mass is 9.95. The molecule has 2 bridgehead atoms. The smallest absolute Gasteiger partial charge is 0.254 e. The molecule has 124 valence electrons. The highest BCUT2D eigenvalue weighted by Crippen LogP contribution is 2.35. The van der Waals surface area contributed by atoms with Gasteiger partial charge in [0.25, 0.3) is 5.91 Å². The number of hydrogen-bond acceptors (Lipinski definition) is 2. The van der Waals surface area contributed by atoms with Crippen LogP contribution in [0.1, 0.15) is 36.0 Å². The first-order valence-electron chi connectivity index (χ1n) is 8.58. The summed E-state index contributed by atoms with van der Waals surface area (Å²) in [5.41, 5.74) is 0.405. The van der Waals surface area contributed by atoms with Crippen LogP contribution in [0, 0.1) is 17.7 Å². The fourth-order valence-electron chi connectivity index (χ4n) is 4.01. The molecule has 3 nitrogen and oxygen atoms in total. The molecule has 0 N–H and O–H groups in total. The van der Waals surface area contributed by atoms with Gasteiger partial charge >= 0.3 is 0 Å². The summed E-state index contributed by atoms with van der Waals surface area (Å²) in [7, 11) is 0. The van der Waals surface area contributed by atoms with Gasteiger partial charge in [0.15, 0.2) is 0 Å². The van der Waals surface area contributed by atoms with E-state index < -0.39 is 5.82 Å². The number of hydrogen-bond donors (Lipinski definition) is 0. The van der Waals surface area contributed by atoms with Crippen molar-refractivity contribution in [1.29, 1.82) is 0 Å². The first-order valence-corrected chi connectivity index (χ1v) is 8.96. The van der Waals surface area contributed by atoms with E-state index in [1.54, 1.807) is 6.07 Å². The van der Waals surface area contributed by atoms with Gasteiger partial charge < -0.3 is 4.90 Å². The molecule has 0 aromatic heterocycles. The van der Waals surface area contributed by atoms with Crippen LogP contribution in [0.25, 0.3) is 0 Å². The van der Waals surface area contributed by atoms with E-state index in [1.165, 1.54) is 44.4 Å². The van der Waals surface area contributed by atoms with Gasteiger partial charge in [-0.25, -0.2) is 4.39 Å². The monoisotopic (exact) mass is 336 g/mol. The van der Waals surface area contributed by atoms with Crippen LogP contribution in [0.15, 0.2) is 18.2 Å². The minimum absolute atomic E-state index is 0.0631. The second-order valence-corrected chi connectivity index (χ2v) is 7.74. The van der Waals surface area contributed by atoms with Gasteiger partial charge in [-0.15, -0.1) is 0 Å². The highest BCUT2D eigenvalue weighted by molar-refractivity contribution is 6.30. The summed E-state index contributed by atoms with van der Waals surface area (Å²) >= 11 is 5.72. The van der Waals surface area contributed by atoms with Crippen molar-refractivity contribution < 1.29 is 9.18 Å². The Kier molecular flexibility index (Phi) is 4.06. The van der Waals surface area contributed by atoms with Crippen LogP contribution in [0.5, 0.6) is 0 Å². The van der Waals surface area contributed by atoms with Crippen LogP contribution < -0.4 is 0 Å². The minimum Gasteiger partial charge on any atom is -0.337 e. The normalized spacial score (nSPS) is 28.0. The first-order chi connectivity index (χ1) is 11.1. The van der Waals surface area contributed by atoms with Gasteiger partial charge in [0.1, 0.15) is 5.82 Å². The van der Waals surface area contributed by atoms with E-state index >= 15 is 0 Å². The lowest BCUT2D eigenvalue weighted by molar-refractivity contribution is 0.0736. The maximum atomic E-state index is 13.7. The Morgan fingerprint density at radius 3 is 2.74 bits per heavy atom. The third-order valence-corrected chi connectivity index (χ3v) is 5.78. The van der Waals surface area contributed by atoms with E-state index in [0.29, 0.717) is 17.5 Å². The average molecular weight is 337 g/mol. The van der Waals surface area contributed by atoms with E-state index in [-0.39, 0.29) is 10.9 Å². The second kappa shape index (κ2) is 6.06. The largest absolute Gasteiger partial charge is 0.337 e. The number of benzene rings is 1. The van der Waals surface area contributed by atoms with Gasteiger partial charge in [0.05, 0.1) is 5.02 Å². The van der Waals surface area contributed by atoms with E-state index in [2.05, 4.69) is 4.90 Å². The van der Waals surface area contributed by atoms with Crippen molar-refractivity contribution in [2.45, 2.75) is 31.7 Å². The summed E-state index contributed by atoms with van der Waals surface area (Å²) in [6.45, 7) is 3.87. The van der Waals surface area contributed by atoms with Gasteiger partial charge in [-0.3, -0.25) is 9.69 Å². The lowest BCUT2D eigenvalue weighted by Crippen LogP contribution is -2.45. The lowest BCUT2D eigenvalue weighted by Gasteiger charge is -2.36. The van der Waals surface area contributed by atoms with E-state index in [1.807, 2.05) is 4.90 Å². The standard InChI is InChI=1S/C18H22ClFN2O/c19-16-6-4-14(7-17(16)20)18(23)22-10-13-3-5-15(11-22)21(9-13)8-12-1-2-12/h4,6-7,12-13,15H,1-3,5,8-11H2/t13-,15-/m1/s1. The highest BCUT2D eigenvalue weighted by Gasteiger charge is 2.38. The molecule has 1 aromatic rings. The number of fused-ring (bicyclic) bond motifs is 4. The average Bonchev–Trinajstić information content (AvgIpc) is 3.37. The van der Waals surface area contributed by atoms with Crippen LogP contribution in [0.3, 0.4) is 0 Å². The number of halogens is 2. The number of carbonyl (C=O) groups excluding carboxylic acids is 1. The Morgan fingerprint density at radius 2 is 2.00 bits per heavy atom. The fraction of sp³-hybridized carbons (Fsp3) is 0.611. The molecule has 23 heavy (non-hydrogen) atoms. The zero-order valence-corrected chi connectivity index (χ0v) is 13.9. The van der Waals surface area contributed by atoms with Gasteiger partial charge in [-0.05, 0) is 55.7 Å². The predicted molar refractivity (Wildman–Crippen MR) is 88.1 cm³/mol. The van der Waals surface area contributed by atoms with Crippen molar-refractivity contribution in [3.8, 4) is 0 Å². The topological polar surface area (TPSA) is 23.6 Å². The van der Waals surface area contributed by atoms with Gasteiger partial charge in [0.2, 0.25) is 0 Å². The number of amides is 1. The third-order valence-electron chi connectivity index (χ3n) is 5.47. The quantitative estimate of drug-likeness (QED) is 0.844. The molecule has 1 aliphatic carbocycles. The van der Waals surface area contributed by atoms with Crippen LogP contribution in [0.2, 0.25) is 5.02 Å². The molecule has 5 rings (SSSR count). The molecule has 2 atom stereocenters. The minimum atomic E-state index is -0.523. The number of carbonyl (C=O) groups is 1. The second-order valence-electron chi connectivity index (χ2n) is 7.33. The first kappa shape index (κ1) is 15.4. The summed E-state index contributed by atoms with van der Waals surface area (Å²) in [4.78, 5) is 17.3. The summed E-state index contributed by atoms with van der Waals surface area (Å²) in [6.07, 6.45) is 5.10. The Labute approximate surface area is 141 Å². The number of rotatable bonds is 3. The molecule has 1 aromatic carbocycles. The van der Waals surface area contributed by atoms with Gasteiger partial charge in [-0.2, -0.15) is 0 Å². The van der Waals surface area contributed by atoms with Gasteiger partial charge in [-0.1, -0.05) is 11.6 Å². The molecule has 3 saturated heterocycles. The van der Waals surface area contributed by atoms with Crippen LogP contribution >= 0.6 is 11.6 Å². The zero-order chi connectivity index (χ0) is 16.0. The predicted octanol–water partition coefficient (Wildman–Crippen LogP) is 3.43. The van der Waals surface area contributed by atoms with Crippen molar-refractivity contribution in [3.05, 3.63) is 34.6 Å². The van der Waals surface area contributed by atoms with Crippen molar-refractivity contribution in [1.82, 2.24) is 9.80 Å². The third kappa shape index (κ3) is 3.24. The molecule has 1 amide bonds. The number of nitrogens with zero attached hydrogens (tertiary/aromatic N) is 2. The summed E-state index contributed by atoms with van der Waals surface area (Å²) in [5, 5.41) is 0.0631. The van der Waals surface area contributed by atoms with Crippen LogP contribution in [-0.2, 0) is 0 Å². The summed E-state index contributed by atoms with van der Waals surface area (Å²) in [5.74, 6) is 0.842. The molecule has 0 unspecified atom stereocenters. The maximum absolute atomic E-state index is 13.7. The molecule has 3 heterocycles. The Hall–Kier alpha value is -1.13. The SMILES string of the molecule is O=C(c1ccc(Cl)c(F)c1)N1C[C@@H]2CC[C@H](C1)N(CC1CC1)C2. The van der Waals surface area contributed by atoms with Crippen LogP contribution in [0.4, 0.5) is 4.39 Å². The van der Waals surface area contributed by atoms with Crippen molar-refractivity contribution in [2.75, 3.05) is 26.2 Å². The zero-order valence-electron chi connectivity index (χ0n) is 13.2. The van der Waals surface area contributed by atoms with Crippen molar-refractivity contribution in [3.63, 3.8) is 0 Å². The molecule has 1 saturated carbocycles. The van der Waals surface area contributed by atoms with Crippen molar-refractivity contribution in [2.24, 2.45) is 11.8 Å².